The van der Waals surface area contributed by atoms with Gasteiger partial charge in [0, 0.05) is 12.2 Å². The average Bonchev–Trinajstić information content (AvgIpc) is 3.18. The molecule has 3 aromatic carbocycles. The second kappa shape index (κ2) is 11.1. The van der Waals surface area contributed by atoms with E-state index in [-0.39, 0.29) is 23.1 Å². The van der Waals surface area contributed by atoms with E-state index in [0.717, 1.165) is 11.3 Å². The summed E-state index contributed by atoms with van der Waals surface area (Å²) in [5.74, 6) is -0.0927. The average molecular weight is 539 g/mol. The summed E-state index contributed by atoms with van der Waals surface area (Å²) < 4.78 is 28.3. The number of carbonyl (C=O) groups is 2. The van der Waals surface area contributed by atoms with Crippen LogP contribution in [0.25, 0.3) is 0 Å². The number of nitrogens with zero attached hydrogens (tertiary/aromatic N) is 2. The Kier molecular flexibility index (Phi) is 7.86. The highest BCUT2D eigenvalue weighted by atomic mass is 32.2. The second-order valence-corrected chi connectivity index (χ2v) is 10.4. The van der Waals surface area contributed by atoms with Crippen molar-refractivity contribution in [1.29, 1.82) is 0 Å². The molecule has 2 amide bonds. The van der Waals surface area contributed by atoms with E-state index in [1.54, 1.807) is 41.3 Å². The van der Waals surface area contributed by atoms with Gasteiger partial charge in [0.2, 0.25) is 15.9 Å². The summed E-state index contributed by atoms with van der Waals surface area (Å²) in [6, 6.07) is 21.4. The lowest BCUT2D eigenvalue weighted by molar-refractivity contribution is -0.122. The van der Waals surface area contributed by atoms with Crippen LogP contribution in [-0.2, 0) is 26.0 Å². The molecule has 11 heteroatoms. The predicted molar refractivity (Wildman–Crippen MR) is 145 cm³/mol. The Hall–Kier alpha value is -3.80. The molecular formula is C26H26N4O5S2. The van der Waals surface area contributed by atoms with Crippen LogP contribution in [-0.4, -0.2) is 49.9 Å². The van der Waals surface area contributed by atoms with Gasteiger partial charge in [-0.15, -0.1) is 0 Å². The quantitative estimate of drug-likeness (QED) is 0.332. The number of hydrogen-bond donors (Lipinski definition) is 2. The fourth-order valence-corrected chi connectivity index (χ4v) is 4.92. The molecule has 9 nitrogen and oxygen atoms in total. The van der Waals surface area contributed by atoms with E-state index in [1.165, 1.54) is 24.1 Å². The Balaban J connectivity index is 1.57. The highest BCUT2D eigenvalue weighted by Gasteiger charge is 2.43. The van der Waals surface area contributed by atoms with Gasteiger partial charge in [-0.3, -0.25) is 9.59 Å². The third-order valence-electron chi connectivity index (χ3n) is 6.01. The van der Waals surface area contributed by atoms with Crippen LogP contribution in [0.15, 0.2) is 83.8 Å². The number of sulfonamides is 1. The molecule has 1 atom stereocenters. The number of nitrogens with one attached hydrogen (secondary N) is 1. The zero-order chi connectivity index (χ0) is 26.6. The molecule has 37 heavy (non-hydrogen) atoms. The molecule has 0 aliphatic carbocycles. The van der Waals surface area contributed by atoms with Crippen molar-refractivity contribution in [1.82, 2.24) is 4.90 Å². The molecule has 1 saturated heterocycles. The number of methoxy groups -OCH3 is 1. The molecule has 0 spiro atoms. The van der Waals surface area contributed by atoms with Gasteiger partial charge in [-0.25, -0.2) is 18.5 Å². The molecule has 1 fully saturated rings. The highest BCUT2D eigenvalue weighted by Crippen LogP contribution is 2.28. The van der Waals surface area contributed by atoms with Crippen molar-refractivity contribution in [3.8, 4) is 5.75 Å². The summed E-state index contributed by atoms with van der Waals surface area (Å²) >= 11 is 5.68. The first-order chi connectivity index (χ1) is 17.7. The van der Waals surface area contributed by atoms with Gasteiger partial charge in [-0.05, 0) is 72.7 Å². The van der Waals surface area contributed by atoms with E-state index in [4.69, 9.17) is 22.1 Å². The number of para-hydroxylation sites is 1. The normalized spacial score (nSPS) is 15.5. The number of hydrogen-bond acceptors (Lipinski definition) is 6. The van der Waals surface area contributed by atoms with Gasteiger partial charge in [0.15, 0.2) is 5.11 Å². The molecule has 1 aliphatic rings. The van der Waals surface area contributed by atoms with Crippen LogP contribution in [0, 0.1) is 0 Å². The summed E-state index contributed by atoms with van der Waals surface area (Å²) in [7, 11) is -2.26. The first-order valence-electron chi connectivity index (χ1n) is 11.4. The van der Waals surface area contributed by atoms with Crippen molar-refractivity contribution in [3.05, 3.63) is 84.4 Å². The Labute approximate surface area is 220 Å². The molecule has 0 aromatic heterocycles. The van der Waals surface area contributed by atoms with E-state index >= 15 is 0 Å². The van der Waals surface area contributed by atoms with Crippen molar-refractivity contribution in [2.45, 2.75) is 23.8 Å². The molecule has 0 bridgehead atoms. The minimum absolute atomic E-state index is 0.0149. The van der Waals surface area contributed by atoms with E-state index in [1.807, 2.05) is 30.3 Å². The molecule has 1 aliphatic heterocycles. The van der Waals surface area contributed by atoms with E-state index in [9.17, 15) is 18.0 Å². The highest BCUT2D eigenvalue weighted by molar-refractivity contribution is 7.89. The first-order valence-corrected chi connectivity index (χ1v) is 13.4. The van der Waals surface area contributed by atoms with Crippen LogP contribution >= 0.6 is 12.2 Å². The van der Waals surface area contributed by atoms with Crippen molar-refractivity contribution >= 4 is 50.5 Å². The smallest absolute Gasteiger partial charge is 0.257 e. The predicted octanol–water partition coefficient (Wildman–Crippen LogP) is 2.92. The maximum Gasteiger partial charge on any atom is 0.257 e. The lowest BCUT2D eigenvalue weighted by Gasteiger charge is -2.30. The number of amides is 2. The van der Waals surface area contributed by atoms with Gasteiger partial charge in [0.1, 0.15) is 11.8 Å². The number of primary sulfonamides is 1. The number of thiocarbonyl (C=S) groups is 1. The topological polar surface area (TPSA) is 122 Å². The molecule has 0 saturated carbocycles. The van der Waals surface area contributed by atoms with Crippen molar-refractivity contribution in [3.63, 3.8) is 0 Å². The van der Waals surface area contributed by atoms with Crippen LogP contribution in [0.3, 0.4) is 0 Å². The molecule has 0 unspecified atom stereocenters. The Morgan fingerprint density at radius 1 is 1.05 bits per heavy atom. The summed E-state index contributed by atoms with van der Waals surface area (Å²) in [5.41, 5.74) is 2.03. The Bertz CT molecular complexity index is 1400. The number of anilines is 2. The molecule has 3 N–H and O–H groups in total. The maximum absolute atomic E-state index is 13.5. The Morgan fingerprint density at radius 2 is 1.70 bits per heavy atom. The number of imide groups is 1. The largest absolute Gasteiger partial charge is 0.497 e. The third kappa shape index (κ3) is 6.13. The number of rotatable bonds is 8. The molecule has 192 valence electrons. The van der Waals surface area contributed by atoms with Crippen LogP contribution in [0.2, 0.25) is 0 Å². The lowest BCUT2D eigenvalue weighted by atomic mass is 10.1. The second-order valence-electron chi connectivity index (χ2n) is 8.41. The Morgan fingerprint density at radius 3 is 2.30 bits per heavy atom. The van der Waals surface area contributed by atoms with Gasteiger partial charge in [-0.2, -0.15) is 0 Å². The number of carbonyl (C=O) groups excluding carboxylic acids is 2. The first kappa shape index (κ1) is 26.3. The molecule has 3 aromatic rings. The van der Waals surface area contributed by atoms with E-state index in [2.05, 4.69) is 5.32 Å². The summed E-state index contributed by atoms with van der Waals surface area (Å²) in [6.07, 6.45) is 0.411. The zero-order valence-corrected chi connectivity index (χ0v) is 21.7. The van der Waals surface area contributed by atoms with Gasteiger partial charge in [0.25, 0.3) is 5.91 Å². The number of ether oxygens (including phenoxy) is 1. The van der Waals surface area contributed by atoms with Crippen LogP contribution < -0.4 is 20.1 Å². The van der Waals surface area contributed by atoms with Crippen molar-refractivity contribution < 1.29 is 22.7 Å². The zero-order valence-electron chi connectivity index (χ0n) is 20.0. The number of nitrogens with two attached hydrogens (primary N) is 1. The minimum atomic E-state index is -3.80. The summed E-state index contributed by atoms with van der Waals surface area (Å²) in [4.78, 5) is 29.3. The number of benzene rings is 3. The monoisotopic (exact) mass is 538 g/mol. The molecular weight excluding hydrogens is 512 g/mol. The van der Waals surface area contributed by atoms with E-state index in [0.29, 0.717) is 29.5 Å². The van der Waals surface area contributed by atoms with Gasteiger partial charge in [0.05, 0.1) is 24.1 Å². The molecule has 0 radical (unpaired) electrons. The fourth-order valence-electron chi connectivity index (χ4n) is 4.07. The maximum atomic E-state index is 13.5. The van der Waals surface area contributed by atoms with Crippen LogP contribution in [0.4, 0.5) is 11.4 Å². The fraction of sp³-hybridized carbons (Fsp3) is 0.192. The summed E-state index contributed by atoms with van der Waals surface area (Å²) in [5, 5.41) is 8.64. The molecule has 1 heterocycles. The summed E-state index contributed by atoms with van der Waals surface area (Å²) in [6.45, 7) is 0.313. The lowest BCUT2D eigenvalue weighted by Crippen LogP contribution is -2.48. The van der Waals surface area contributed by atoms with Gasteiger partial charge < -0.3 is 15.0 Å². The SMILES string of the molecule is COc1ccc(N2C(=O)C[C@@H](N(CCc3ccc(S(N)(=O)=O)cc3)C(=S)Nc3ccccc3)C2=O)cc1. The van der Waals surface area contributed by atoms with Crippen LogP contribution in [0.1, 0.15) is 12.0 Å². The van der Waals surface area contributed by atoms with Crippen LogP contribution in [0.5, 0.6) is 5.75 Å². The van der Waals surface area contributed by atoms with E-state index < -0.39 is 16.1 Å². The minimum Gasteiger partial charge on any atom is -0.497 e. The van der Waals surface area contributed by atoms with Crippen molar-refractivity contribution in [2.24, 2.45) is 5.14 Å². The molecule has 4 rings (SSSR count). The van der Waals surface area contributed by atoms with Gasteiger partial charge >= 0.3 is 0 Å². The third-order valence-corrected chi connectivity index (χ3v) is 7.27. The van der Waals surface area contributed by atoms with Gasteiger partial charge in [-0.1, -0.05) is 30.3 Å². The standard InChI is InChI=1S/C26H26N4O5S2/c1-35-21-11-9-20(10-12-21)30-24(31)17-23(25(30)32)29(26(36)28-19-5-3-2-4-6-19)16-15-18-7-13-22(14-8-18)37(27,33)34/h2-14,23H,15-17H2,1H3,(H,28,36)(H2,27,33,34)/t23-/m1/s1. The van der Waals surface area contributed by atoms with Crippen molar-refractivity contribution in [2.75, 3.05) is 23.9 Å².